The molecule has 0 spiro atoms. The Hall–Kier alpha value is -0.130. The minimum atomic E-state index is -3.35. The van der Waals surface area contributed by atoms with E-state index < -0.39 is 10.0 Å². The monoisotopic (exact) mass is 209 g/mol. The Bertz CT molecular complexity index is 224. The average molecular weight is 209 g/mol. The first-order chi connectivity index (χ1) is 5.81. The van der Waals surface area contributed by atoms with E-state index in [2.05, 4.69) is 0 Å². The van der Waals surface area contributed by atoms with Gasteiger partial charge in [0.15, 0.2) is 0 Å². The summed E-state index contributed by atoms with van der Waals surface area (Å²) in [6, 6.07) is 0. The van der Waals surface area contributed by atoms with Crippen LogP contribution in [0.5, 0.6) is 0 Å². The highest BCUT2D eigenvalue weighted by molar-refractivity contribution is 7.89. The molecule has 1 unspecified atom stereocenters. The highest BCUT2D eigenvalue weighted by Crippen LogP contribution is 2.01. The number of primary sulfonamides is 1. The molecule has 2 N–H and O–H groups in total. The van der Waals surface area contributed by atoms with E-state index in [1.54, 1.807) is 0 Å². The SMILES string of the molecule is CC(C)COCC(C)CS(N)(=O)=O. The molecule has 0 saturated carbocycles. The van der Waals surface area contributed by atoms with Gasteiger partial charge in [-0.05, 0) is 11.8 Å². The van der Waals surface area contributed by atoms with Crippen molar-refractivity contribution in [3.63, 3.8) is 0 Å². The molecule has 0 aliphatic rings. The van der Waals surface area contributed by atoms with Crippen LogP contribution in [0.3, 0.4) is 0 Å². The summed E-state index contributed by atoms with van der Waals surface area (Å²) in [5.41, 5.74) is 0. The maximum atomic E-state index is 10.7. The number of sulfonamides is 1. The van der Waals surface area contributed by atoms with Gasteiger partial charge in [-0.15, -0.1) is 0 Å². The molecular weight excluding hydrogens is 190 g/mol. The van der Waals surface area contributed by atoms with E-state index in [4.69, 9.17) is 9.88 Å². The van der Waals surface area contributed by atoms with E-state index in [0.717, 1.165) is 0 Å². The first-order valence-electron chi connectivity index (χ1n) is 4.39. The lowest BCUT2D eigenvalue weighted by Crippen LogP contribution is -2.24. The van der Waals surface area contributed by atoms with Gasteiger partial charge in [-0.1, -0.05) is 20.8 Å². The van der Waals surface area contributed by atoms with Crippen LogP contribution >= 0.6 is 0 Å². The molecule has 0 aliphatic carbocycles. The van der Waals surface area contributed by atoms with Crippen molar-refractivity contribution >= 4 is 10.0 Å². The molecular formula is C8H19NO3S. The highest BCUT2D eigenvalue weighted by Gasteiger charge is 2.10. The molecule has 0 radical (unpaired) electrons. The zero-order chi connectivity index (χ0) is 10.5. The van der Waals surface area contributed by atoms with Crippen LogP contribution in [0.2, 0.25) is 0 Å². The van der Waals surface area contributed by atoms with Crippen molar-refractivity contribution in [2.24, 2.45) is 17.0 Å². The number of hydrogen-bond acceptors (Lipinski definition) is 3. The Balaban J connectivity index is 3.58. The second-order valence-corrected chi connectivity index (χ2v) is 5.53. The van der Waals surface area contributed by atoms with E-state index in [9.17, 15) is 8.42 Å². The molecule has 0 heterocycles. The van der Waals surface area contributed by atoms with Gasteiger partial charge < -0.3 is 4.74 Å². The van der Waals surface area contributed by atoms with Gasteiger partial charge in [0.1, 0.15) is 0 Å². The predicted molar refractivity (Wildman–Crippen MR) is 52.8 cm³/mol. The number of ether oxygens (including phenoxy) is 1. The van der Waals surface area contributed by atoms with Crippen molar-refractivity contribution in [1.82, 2.24) is 0 Å². The van der Waals surface area contributed by atoms with Crippen molar-refractivity contribution in [1.29, 1.82) is 0 Å². The summed E-state index contributed by atoms with van der Waals surface area (Å²) in [7, 11) is -3.35. The lowest BCUT2D eigenvalue weighted by atomic mass is 10.2. The molecule has 5 heteroatoms. The average Bonchev–Trinajstić information content (AvgIpc) is 1.81. The molecule has 80 valence electrons. The summed E-state index contributed by atoms with van der Waals surface area (Å²) in [6.07, 6.45) is 0. The van der Waals surface area contributed by atoms with Crippen LogP contribution < -0.4 is 5.14 Å². The highest BCUT2D eigenvalue weighted by atomic mass is 32.2. The molecule has 0 aromatic heterocycles. The van der Waals surface area contributed by atoms with Gasteiger partial charge in [0.05, 0.1) is 12.4 Å². The maximum absolute atomic E-state index is 10.7. The molecule has 0 amide bonds. The van der Waals surface area contributed by atoms with E-state index in [0.29, 0.717) is 19.1 Å². The molecule has 0 fully saturated rings. The Kier molecular flexibility index (Phi) is 5.51. The van der Waals surface area contributed by atoms with Crippen molar-refractivity contribution < 1.29 is 13.2 Å². The van der Waals surface area contributed by atoms with E-state index in [1.165, 1.54) is 0 Å². The van der Waals surface area contributed by atoms with Gasteiger partial charge in [0, 0.05) is 6.61 Å². The summed E-state index contributed by atoms with van der Waals surface area (Å²) in [6.45, 7) is 7.02. The smallest absolute Gasteiger partial charge is 0.209 e. The van der Waals surface area contributed by atoms with Crippen LogP contribution in [0.4, 0.5) is 0 Å². The molecule has 0 aromatic carbocycles. The topological polar surface area (TPSA) is 69.4 Å². The summed E-state index contributed by atoms with van der Waals surface area (Å²) in [5.74, 6) is 0.431. The zero-order valence-corrected chi connectivity index (χ0v) is 9.30. The maximum Gasteiger partial charge on any atom is 0.209 e. The molecule has 4 nitrogen and oxygen atoms in total. The standard InChI is InChI=1S/C8H19NO3S/c1-7(2)4-12-5-8(3)6-13(9,10)11/h7-8H,4-6H2,1-3H3,(H2,9,10,11). The molecule has 0 aromatic rings. The van der Waals surface area contributed by atoms with Crippen molar-refractivity contribution in [3.05, 3.63) is 0 Å². The zero-order valence-electron chi connectivity index (χ0n) is 8.49. The molecule has 0 aliphatic heterocycles. The predicted octanol–water partition coefficient (Wildman–Crippen LogP) is 0.584. The van der Waals surface area contributed by atoms with Crippen molar-refractivity contribution in [2.45, 2.75) is 20.8 Å². The Morgan fingerprint density at radius 2 is 1.77 bits per heavy atom. The van der Waals surface area contributed by atoms with Gasteiger partial charge >= 0.3 is 0 Å². The summed E-state index contributed by atoms with van der Waals surface area (Å²) in [4.78, 5) is 0. The van der Waals surface area contributed by atoms with Gasteiger partial charge in [-0.3, -0.25) is 0 Å². The fourth-order valence-electron chi connectivity index (χ4n) is 0.950. The number of rotatable bonds is 6. The minimum absolute atomic E-state index is 0.00883. The lowest BCUT2D eigenvalue weighted by Gasteiger charge is -2.11. The normalized spacial score (nSPS) is 14.8. The van der Waals surface area contributed by atoms with Crippen LogP contribution in [-0.4, -0.2) is 27.4 Å². The van der Waals surface area contributed by atoms with Crippen molar-refractivity contribution in [2.75, 3.05) is 19.0 Å². The van der Waals surface area contributed by atoms with E-state index in [-0.39, 0.29) is 11.7 Å². The van der Waals surface area contributed by atoms with Gasteiger partial charge in [0.2, 0.25) is 10.0 Å². The number of nitrogens with two attached hydrogens (primary N) is 1. The number of hydrogen-bond donors (Lipinski definition) is 1. The first kappa shape index (κ1) is 12.9. The van der Waals surface area contributed by atoms with Crippen LogP contribution in [0, 0.1) is 11.8 Å². The van der Waals surface area contributed by atoms with Crippen LogP contribution in [0.1, 0.15) is 20.8 Å². The fraction of sp³-hybridized carbons (Fsp3) is 1.00. The quantitative estimate of drug-likeness (QED) is 0.696. The molecule has 0 rings (SSSR count). The summed E-state index contributed by atoms with van der Waals surface area (Å²) < 4.78 is 26.6. The van der Waals surface area contributed by atoms with Gasteiger partial charge in [-0.2, -0.15) is 0 Å². The molecule has 0 bridgehead atoms. The molecule has 0 saturated heterocycles. The third-order valence-corrected chi connectivity index (χ3v) is 2.40. The third-order valence-electron chi connectivity index (χ3n) is 1.37. The Labute approximate surface area is 80.5 Å². The van der Waals surface area contributed by atoms with Gasteiger partial charge in [0.25, 0.3) is 0 Å². The Morgan fingerprint density at radius 3 is 2.15 bits per heavy atom. The van der Waals surface area contributed by atoms with Crippen LogP contribution in [-0.2, 0) is 14.8 Å². The molecule has 1 atom stereocenters. The molecule has 13 heavy (non-hydrogen) atoms. The summed E-state index contributed by atoms with van der Waals surface area (Å²) >= 11 is 0. The van der Waals surface area contributed by atoms with Gasteiger partial charge in [-0.25, -0.2) is 13.6 Å². The van der Waals surface area contributed by atoms with E-state index in [1.807, 2.05) is 20.8 Å². The van der Waals surface area contributed by atoms with Crippen LogP contribution in [0.15, 0.2) is 0 Å². The minimum Gasteiger partial charge on any atom is -0.381 e. The van der Waals surface area contributed by atoms with Crippen LogP contribution in [0.25, 0.3) is 0 Å². The van der Waals surface area contributed by atoms with Crippen molar-refractivity contribution in [3.8, 4) is 0 Å². The van der Waals surface area contributed by atoms with E-state index >= 15 is 0 Å². The first-order valence-corrected chi connectivity index (χ1v) is 6.11. The second kappa shape index (κ2) is 5.57. The second-order valence-electron chi connectivity index (χ2n) is 3.87. The summed E-state index contributed by atoms with van der Waals surface area (Å²) in [5, 5.41) is 4.88. The largest absolute Gasteiger partial charge is 0.381 e. The Morgan fingerprint density at radius 1 is 1.23 bits per heavy atom. The lowest BCUT2D eigenvalue weighted by molar-refractivity contribution is 0.0892. The third kappa shape index (κ3) is 9.79. The fourth-order valence-corrected chi connectivity index (χ4v) is 1.84.